The van der Waals surface area contributed by atoms with Crippen LogP contribution in [-0.4, -0.2) is 27.8 Å². The summed E-state index contributed by atoms with van der Waals surface area (Å²) in [7, 11) is -3.83. The summed E-state index contributed by atoms with van der Waals surface area (Å²) in [5, 5.41) is 2.57. The number of hydrogen-bond donors (Lipinski definition) is 0. The Kier molecular flexibility index (Phi) is 5.22. The van der Waals surface area contributed by atoms with Gasteiger partial charge in [0.2, 0.25) is 0 Å². The number of hydrogen-bond acceptors (Lipinski definition) is 0. The van der Waals surface area contributed by atoms with Gasteiger partial charge in [-0.25, -0.2) is 0 Å². The van der Waals surface area contributed by atoms with Crippen LogP contribution in [0.1, 0.15) is 52.7 Å². The minimum Gasteiger partial charge on any atom is -0.0687 e. The largest absolute Gasteiger partial charge is 0.0687 e. The topological polar surface area (TPSA) is 0 Å². The normalized spacial score (nSPS) is 14.7. The van der Waals surface area contributed by atoms with Crippen LogP contribution in [0.15, 0.2) is 48.5 Å². The van der Waals surface area contributed by atoms with Crippen molar-refractivity contribution in [3.8, 4) is 11.1 Å². The van der Waals surface area contributed by atoms with E-state index in [4.69, 9.17) is 0 Å². The van der Waals surface area contributed by atoms with Gasteiger partial charge in [0.05, 0.1) is 15.2 Å². The van der Waals surface area contributed by atoms with Crippen LogP contribution in [0.3, 0.4) is 0 Å². The molecule has 0 radical (unpaired) electrons. The smallest absolute Gasteiger partial charge is 0.0612 e. The molecular formula is C25H38Si3. The third kappa shape index (κ3) is 3.20. The van der Waals surface area contributed by atoms with Gasteiger partial charge in [-0.1, -0.05) is 116 Å². The first-order valence-electron chi connectivity index (χ1n) is 10.7. The molecule has 0 atom stereocenters. The summed E-state index contributed by atoms with van der Waals surface area (Å²) >= 11 is 0. The lowest BCUT2D eigenvalue weighted by Gasteiger charge is -2.50. The monoisotopic (exact) mass is 422 g/mol. The fraction of sp³-hybridized carbons (Fsp3) is 0.480. The fourth-order valence-electron chi connectivity index (χ4n) is 4.44. The predicted octanol–water partition coefficient (Wildman–Crippen LogP) is 7.49. The Hall–Kier alpha value is -1.04. The molecule has 28 heavy (non-hydrogen) atoms. The molecule has 0 heterocycles. The summed E-state index contributed by atoms with van der Waals surface area (Å²) in [6.07, 6.45) is 0. The second-order valence-corrected chi connectivity index (χ2v) is 34.3. The molecule has 0 aliphatic heterocycles. The first-order valence-corrected chi connectivity index (χ1v) is 20.2. The van der Waals surface area contributed by atoms with Crippen molar-refractivity contribution in [2.24, 2.45) is 0 Å². The maximum atomic E-state index is 2.71. The molecular weight excluding hydrogens is 385 g/mol. The van der Waals surface area contributed by atoms with E-state index in [0.29, 0.717) is 10.1 Å². The van der Waals surface area contributed by atoms with Crippen molar-refractivity contribution >= 4 is 27.8 Å². The molecule has 3 heteroatoms. The van der Waals surface area contributed by atoms with Gasteiger partial charge >= 0.3 is 0 Å². The van der Waals surface area contributed by atoms with Gasteiger partial charge in [0.15, 0.2) is 0 Å². The zero-order valence-corrected chi connectivity index (χ0v) is 22.6. The Bertz CT molecular complexity index is 859. The van der Waals surface area contributed by atoms with E-state index in [-0.39, 0.29) is 0 Å². The average Bonchev–Trinajstić information content (AvgIpc) is 2.88. The lowest BCUT2D eigenvalue weighted by molar-refractivity contribution is 0.728. The van der Waals surface area contributed by atoms with Crippen LogP contribution < -0.4 is 0 Å². The Morgan fingerprint density at radius 1 is 0.536 bits per heavy atom. The molecule has 0 aromatic heterocycles. The third-order valence-electron chi connectivity index (χ3n) is 7.93. The van der Waals surface area contributed by atoms with Crippen LogP contribution in [0.2, 0.25) is 36.3 Å². The van der Waals surface area contributed by atoms with Gasteiger partial charge < -0.3 is 0 Å². The molecule has 0 saturated heterocycles. The summed E-state index contributed by atoms with van der Waals surface area (Å²) in [6, 6.07) is 18.4. The van der Waals surface area contributed by atoms with Crippen LogP contribution in [0.25, 0.3) is 11.1 Å². The van der Waals surface area contributed by atoms with Crippen molar-refractivity contribution in [1.29, 1.82) is 0 Å². The molecule has 3 rings (SSSR count). The van der Waals surface area contributed by atoms with Gasteiger partial charge in [0.25, 0.3) is 0 Å². The molecule has 0 bridgehead atoms. The van der Waals surface area contributed by atoms with Crippen LogP contribution in [0.4, 0.5) is 0 Å². The highest BCUT2D eigenvalue weighted by atomic mass is 29.6. The van der Waals surface area contributed by atoms with Gasteiger partial charge in [-0.15, -0.1) is 0 Å². The van der Waals surface area contributed by atoms with Gasteiger partial charge in [-0.3, -0.25) is 0 Å². The maximum Gasteiger partial charge on any atom is 0.0612 e. The second-order valence-electron chi connectivity index (χ2n) is 11.6. The van der Waals surface area contributed by atoms with Gasteiger partial charge in [0.1, 0.15) is 0 Å². The molecule has 0 N–H and O–H groups in total. The summed E-state index contributed by atoms with van der Waals surface area (Å²) in [5.74, 6) is 0. The molecule has 1 aliphatic carbocycles. The van der Waals surface area contributed by atoms with Crippen molar-refractivity contribution in [2.75, 3.05) is 0 Å². The SMILES string of the molecule is CC(C)(C)[Si](C)(C)[Si](=C1c2ccccc2-c2ccccc21)[Si](C)(C)C(C)(C)C. The Labute approximate surface area is 176 Å². The van der Waals surface area contributed by atoms with Gasteiger partial charge in [-0.2, -0.15) is 0 Å². The quantitative estimate of drug-likeness (QED) is 0.375. The maximum absolute atomic E-state index is 2.71. The van der Waals surface area contributed by atoms with Gasteiger partial charge in [-0.05, 0) is 37.5 Å². The van der Waals surface area contributed by atoms with Crippen LogP contribution in [0.5, 0.6) is 0 Å². The minimum atomic E-state index is -1.55. The van der Waals surface area contributed by atoms with E-state index in [1.54, 1.807) is 16.3 Å². The van der Waals surface area contributed by atoms with Crippen molar-refractivity contribution in [1.82, 2.24) is 0 Å². The number of fused-ring (bicyclic) bond motifs is 3. The molecule has 150 valence electrons. The third-order valence-corrected chi connectivity index (χ3v) is 43.7. The zero-order chi connectivity index (χ0) is 21.1. The van der Waals surface area contributed by atoms with Crippen LogP contribution in [0, 0.1) is 0 Å². The van der Waals surface area contributed by atoms with Crippen molar-refractivity contribution in [3.63, 3.8) is 0 Å². The van der Waals surface area contributed by atoms with E-state index >= 15 is 0 Å². The van der Waals surface area contributed by atoms with Crippen molar-refractivity contribution in [3.05, 3.63) is 59.7 Å². The molecule has 2 aromatic carbocycles. The molecule has 0 spiro atoms. The van der Waals surface area contributed by atoms with E-state index < -0.39 is 22.6 Å². The molecule has 2 aromatic rings. The van der Waals surface area contributed by atoms with Crippen molar-refractivity contribution in [2.45, 2.75) is 77.8 Å². The van der Waals surface area contributed by atoms with Crippen molar-refractivity contribution < 1.29 is 0 Å². The zero-order valence-electron chi connectivity index (χ0n) is 19.6. The predicted molar refractivity (Wildman–Crippen MR) is 135 cm³/mol. The van der Waals surface area contributed by atoms with E-state index in [2.05, 4.69) is 116 Å². The first kappa shape index (κ1) is 21.7. The summed E-state index contributed by atoms with van der Waals surface area (Å²) in [5.41, 5.74) is 6.03. The molecule has 0 unspecified atom stereocenters. The highest BCUT2D eigenvalue weighted by Gasteiger charge is 2.52. The second kappa shape index (κ2) is 6.75. The standard InChI is InChI=1S/C25H38Si3/c1-24(2,3)27(7,8)26(28(9,10)25(4,5)6)23-21-17-13-11-15-19(21)20-16-12-14-18-22(20)23/h11-18H,1-10H3. The molecule has 0 saturated carbocycles. The highest BCUT2D eigenvalue weighted by molar-refractivity contribution is 7.63. The molecule has 0 amide bonds. The van der Waals surface area contributed by atoms with E-state index in [1.807, 2.05) is 0 Å². The van der Waals surface area contributed by atoms with E-state index in [0.717, 1.165) is 0 Å². The molecule has 0 fully saturated rings. The lowest BCUT2D eigenvalue weighted by Crippen LogP contribution is -2.66. The van der Waals surface area contributed by atoms with E-state index in [9.17, 15) is 0 Å². The number of benzene rings is 2. The Morgan fingerprint density at radius 2 is 0.821 bits per heavy atom. The first-order chi connectivity index (χ1) is 12.7. The van der Waals surface area contributed by atoms with E-state index in [1.165, 1.54) is 11.1 Å². The summed E-state index contributed by atoms with van der Waals surface area (Å²) < 4.78 is 0. The summed E-state index contributed by atoms with van der Waals surface area (Å²) in [4.78, 5) is 0. The fourth-order valence-corrected chi connectivity index (χ4v) is 45.1. The Morgan fingerprint density at radius 3 is 1.11 bits per heavy atom. The van der Waals surface area contributed by atoms with Crippen LogP contribution in [-0.2, 0) is 0 Å². The van der Waals surface area contributed by atoms with Gasteiger partial charge in [0, 0.05) is 7.44 Å². The highest BCUT2D eigenvalue weighted by Crippen LogP contribution is 2.47. The number of rotatable bonds is 2. The average molecular weight is 423 g/mol. The summed E-state index contributed by atoms with van der Waals surface area (Å²) in [6.45, 7) is 25.9. The molecule has 0 nitrogen and oxygen atoms in total. The minimum absolute atomic E-state index is 0.399. The molecule has 1 aliphatic rings. The Balaban J connectivity index is 2.53. The van der Waals surface area contributed by atoms with Crippen LogP contribution >= 0.6 is 0 Å². The lowest BCUT2D eigenvalue weighted by atomic mass is 10.1.